The number of nitrogens with two attached hydrogens (primary N) is 1. The zero-order chi connectivity index (χ0) is 12.4. The monoisotopic (exact) mass is 233 g/mol. The van der Waals surface area contributed by atoms with Crippen molar-refractivity contribution in [2.45, 2.75) is 19.8 Å². The second kappa shape index (κ2) is 4.45. The SMILES string of the molecule is COc1ccc(-c2nnc(N)o2)cc1C(C)C. The zero-order valence-corrected chi connectivity index (χ0v) is 10.1. The molecule has 0 saturated heterocycles. The Labute approximate surface area is 99.6 Å². The van der Waals surface area contributed by atoms with Gasteiger partial charge in [-0.05, 0) is 29.7 Å². The van der Waals surface area contributed by atoms with E-state index in [0.29, 0.717) is 11.8 Å². The lowest BCUT2D eigenvalue weighted by molar-refractivity contribution is 0.407. The van der Waals surface area contributed by atoms with Crippen molar-refractivity contribution in [3.05, 3.63) is 23.8 Å². The fraction of sp³-hybridized carbons (Fsp3) is 0.333. The van der Waals surface area contributed by atoms with E-state index in [4.69, 9.17) is 14.9 Å². The van der Waals surface area contributed by atoms with Crippen molar-refractivity contribution in [1.82, 2.24) is 10.2 Å². The summed E-state index contributed by atoms with van der Waals surface area (Å²) in [5.41, 5.74) is 7.35. The van der Waals surface area contributed by atoms with Gasteiger partial charge in [0.1, 0.15) is 5.75 Å². The highest BCUT2D eigenvalue weighted by atomic mass is 16.5. The average Bonchev–Trinajstić information content (AvgIpc) is 2.75. The number of nitrogen functional groups attached to an aromatic ring is 1. The number of rotatable bonds is 3. The van der Waals surface area contributed by atoms with Crippen LogP contribution in [0.1, 0.15) is 25.3 Å². The minimum Gasteiger partial charge on any atom is -0.496 e. The molecule has 0 aliphatic heterocycles. The number of ether oxygens (including phenoxy) is 1. The number of nitrogens with zero attached hydrogens (tertiary/aromatic N) is 2. The van der Waals surface area contributed by atoms with Gasteiger partial charge in [-0.15, -0.1) is 5.10 Å². The largest absolute Gasteiger partial charge is 0.496 e. The van der Waals surface area contributed by atoms with E-state index in [0.717, 1.165) is 16.9 Å². The molecule has 0 fully saturated rings. The van der Waals surface area contributed by atoms with Gasteiger partial charge in [0.2, 0.25) is 5.89 Å². The van der Waals surface area contributed by atoms with Gasteiger partial charge in [-0.1, -0.05) is 18.9 Å². The maximum atomic E-state index is 5.40. The molecule has 0 bridgehead atoms. The first kappa shape index (κ1) is 11.4. The molecule has 0 atom stereocenters. The molecule has 1 aromatic carbocycles. The molecule has 0 unspecified atom stereocenters. The molecule has 5 nitrogen and oxygen atoms in total. The normalized spacial score (nSPS) is 10.8. The maximum Gasteiger partial charge on any atom is 0.313 e. The predicted molar refractivity (Wildman–Crippen MR) is 64.8 cm³/mol. The molecular formula is C12H15N3O2. The van der Waals surface area contributed by atoms with Gasteiger partial charge >= 0.3 is 6.01 Å². The molecule has 17 heavy (non-hydrogen) atoms. The van der Waals surface area contributed by atoms with Crippen molar-refractivity contribution >= 4 is 6.01 Å². The highest BCUT2D eigenvalue weighted by molar-refractivity contribution is 5.58. The molecule has 90 valence electrons. The van der Waals surface area contributed by atoms with Crippen LogP contribution in [0.2, 0.25) is 0 Å². The first-order chi connectivity index (χ1) is 8.11. The van der Waals surface area contributed by atoms with Crippen molar-refractivity contribution < 1.29 is 9.15 Å². The Bertz CT molecular complexity index is 520. The third kappa shape index (κ3) is 2.22. The van der Waals surface area contributed by atoms with Crippen LogP contribution in [0, 0.1) is 0 Å². The quantitative estimate of drug-likeness (QED) is 0.881. The number of hydrogen-bond acceptors (Lipinski definition) is 5. The standard InChI is InChI=1S/C12H15N3O2/c1-7(2)9-6-8(4-5-10(9)16-3)11-14-15-12(13)17-11/h4-7H,1-3H3,(H2,13,15). The third-order valence-corrected chi connectivity index (χ3v) is 2.54. The summed E-state index contributed by atoms with van der Waals surface area (Å²) in [7, 11) is 1.66. The summed E-state index contributed by atoms with van der Waals surface area (Å²) >= 11 is 0. The van der Waals surface area contributed by atoms with E-state index in [1.54, 1.807) is 7.11 Å². The molecule has 1 aromatic heterocycles. The lowest BCUT2D eigenvalue weighted by Gasteiger charge is -2.12. The number of aromatic nitrogens is 2. The summed E-state index contributed by atoms with van der Waals surface area (Å²) in [5, 5.41) is 7.50. The number of methoxy groups -OCH3 is 1. The summed E-state index contributed by atoms with van der Waals surface area (Å²) in [6.07, 6.45) is 0. The molecule has 0 spiro atoms. The highest BCUT2D eigenvalue weighted by Crippen LogP contribution is 2.31. The van der Waals surface area contributed by atoms with Gasteiger partial charge in [0, 0.05) is 5.56 Å². The van der Waals surface area contributed by atoms with Crippen LogP contribution in [0.25, 0.3) is 11.5 Å². The van der Waals surface area contributed by atoms with Crippen molar-refractivity contribution in [2.75, 3.05) is 12.8 Å². The van der Waals surface area contributed by atoms with Crippen LogP contribution < -0.4 is 10.5 Å². The summed E-state index contributed by atoms with van der Waals surface area (Å²) in [6.45, 7) is 4.20. The molecule has 5 heteroatoms. The zero-order valence-electron chi connectivity index (χ0n) is 10.1. The maximum absolute atomic E-state index is 5.40. The molecule has 1 heterocycles. The van der Waals surface area contributed by atoms with E-state index in [9.17, 15) is 0 Å². The van der Waals surface area contributed by atoms with Crippen molar-refractivity contribution in [2.24, 2.45) is 0 Å². The van der Waals surface area contributed by atoms with Crippen LogP contribution in [-0.4, -0.2) is 17.3 Å². The van der Waals surface area contributed by atoms with Crippen molar-refractivity contribution in [1.29, 1.82) is 0 Å². The minimum atomic E-state index is 0.0712. The average molecular weight is 233 g/mol. The van der Waals surface area contributed by atoms with E-state index in [1.165, 1.54) is 0 Å². The highest BCUT2D eigenvalue weighted by Gasteiger charge is 2.12. The van der Waals surface area contributed by atoms with Crippen LogP contribution in [0.3, 0.4) is 0 Å². The second-order valence-corrected chi connectivity index (χ2v) is 4.06. The minimum absolute atomic E-state index is 0.0712. The molecule has 2 N–H and O–H groups in total. The van der Waals surface area contributed by atoms with Crippen molar-refractivity contribution in [3.63, 3.8) is 0 Å². The molecular weight excluding hydrogens is 218 g/mol. The molecule has 2 rings (SSSR count). The predicted octanol–water partition coefficient (Wildman–Crippen LogP) is 2.45. The molecule has 0 radical (unpaired) electrons. The smallest absolute Gasteiger partial charge is 0.313 e. The van der Waals surface area contributed by atoms with E-state index in [1.807, 2.05) is 18.2 Å². The number of anilines is 1. The fourth-order valence-electron chi connectivity index (χ4n) is 1.67. The molecule has 0 amide bonds. The Hall–Kier alpha value is -2.04. The Balaban J connectivity index is 2.47. The summed E-state index contributed by atoms with van der Waals surface area (Å²) in [4.78, 5) is 0. The van der Waals surface area contributed by atoms with Crippen LogP contribution in [0.15, 0.2) is 22.6 Å². The van der Waals surface area contributed by atoms with E-state index < -0.39 is 0 Å². The van der Waals surface area contributed by atoms with Crippen LogP contribution >= 0.6 is 0 Å². The summed E-state index contributed by atoms with van der Waals surface area (Å²) < 4.78 is 10.5. The molecule has 2 aromatic rings. The topological polar surface area (TPSA) is 74.2 Å². The lowest BCUT2D eigenvalue weighted by atomic mass is 9.99. The van der Waals surface area contributed by atoms with E-state index in [-0.39, 0.29) is 6.01 Å². The first-order valence-corrected chi connectivity index (χ1v) is 5.39. The van der Waals surface area contributed by atoms with Gasteiger partial charge in [-0.2, -0.15) is 0 Å². The number of benzene rings is 1. The second-order valence-electron chi connectivity index (χ2n) is 4.06. The first-order valence-electron chi connectivity index (χ1n) is 5.39. The Morgan fingerprint density at radius 3 is 2.59 bits per heavy atom. The van der Waals surface area contributed by atoms with Crippen LogP contribution in [0.5, 0.6) is 5.75 Å². The fourth-order valence-corrected chi connectivity index (χ4v) is 1.67. The van der Waals surface area contributed by atoms with Gasteiger partial charge in [0.05, 0.1) is 7.11 Å². The van der Waals surface area contributed by atoms with E-state index >= 15 is 0 Å². The van der Waals surface area contributed by atoms with E-state index in [2.05, 4.69) is 24.0 Å². The summed E-state index contributed by atoms with van der Waals surface area (Å²) in [5.74, 6) is 1.63. The Morgan fingerprint density at radius 2 is 2.06 bits per heavy atom. The van der Waals surface area contributed by atoms with Gasteiger partial charge in [-0.25, -0.2) is 0 Å². The lowest BCUT2D eigenvalue weighted by Crippen LogP contribution is -1.94. The van der Waals surface area contributed by atoms with Gasteiger partial charge in [-0.3, -0.25) is 0 Å². The Morgan fingerprint density at radius 1 is 1.29 bits per heavy atom. The van der Waals surface area contributed by atoms with Crippen LogP contribution in [-0.2, 0) is 0 Å². The third-order valence-electron chi connectivity index (χ3n) is 2.54. The van der Waals surface area contributed by atoms with Gasteiger partial charge in [0.25, 0.3) is 0 Å². The van der Waals surface area contributed by atoms with Crippen LogP contribution in [0.4, 0.5) is 6.01 Å². The molecule has 0 aliphatic rings. The molecule has 0 saturated carbocycles. The summed E-state index contributed by atoms with van der Waals surface area (Å²) in [6, 6.07) is 5.82. The Kier molecular flexibility index (Phi) is 2.99. The number of hydrogen-bond donors (Lipinski definition) is 1. The van der Waals surface area contributed by atoms with Crippen molar-refractivity contribution in [3.8, 4) is 17.2 Å². The van der Waals surface area contributed by atoms with Gasteiger partial charge < -0.3 is 14.9 Å². The van der Waals surface area contributed by atoms with Gasteiger partial charge in [0.15, 0.2) is 0 Å². The molecule has 0 aliphatic carbocycles.